The molecule has 1 fully saturated rings. The van der Waals surface area contributed by atoms with Gasteiger partial charge in [-0.05, 0) is 28.1 Å². The number of H-pyrrole nitrogens is 1. The number of piperazine rings is 1. The Balaban J connectivity index is 1.34. The van der Waals surface area contributed by atoms with Crippen LogP contribution in [0.15, 0.2) is 47.3 Å². The van der Waals surface area contributed by atoms with Crippen LogP contribution in [0.2, 0.25) is 0 Å². The number of amides is 1. The van der Waals surface area contributed by atoms with Gasteiger partial charge in [0.1, 0.15) is 17.5 Å². The van der Waals surface area contributed by atoms with Crippen molar-refractivity contribution >= 4 is 33.5 Å². The molecule has 0 saturated carbocycles. The summed E-state index contributed by atoms with van der Waals surface area (Å²) in [7, 11) is 0. The topological polar surface area (TPSA) is 90.0 Å². The van der Waals surface area contributed by atoms with Gasteiger partial charge in [0.2, 0.25) is 0 Å². The predicted octanol–water partition coefficient (Wildman–Crippen LogP) is 2.80. The van der Waals surface area contributed by atoms with Crippen LogP contribution in [0.1, 0.15) is 16.1 Å². The number of hydrogen-bond donors (Lipinski definition) is 2. The molecule has 1 aliphatic rings. The van der Waals surface area contributed by atoms with E-state index < -0.39 is 5.82 Å². The smallest absolute Gasteiger partial charge is 0.256 e. The second-order valence-electron chi connectivity index (χ2n) is 6.66. The first-order valence-electron chi connectivity index (χ1n) is 9.13. The molecule has 1 aromatic carbocycles. The van der Waals surface area contributed by atoms with Crippen LogP contribution in [0, 0.1) is 5.82 Å². The summed E-state index contributed by atoms with van der Waals surface area (Å²) in [5.41, 5.74) is 0.920. The molecule has 8 nitrogen and oxygen atoms in total. The molecule has 2 N–H and O–H groups in total. The molecule has 0 bridgehead atoms. The Morgan fingerprint density at radius 2 is 2.03 bits per heavy atom. The molecule has 0 unspecified atom stereocenters. The van der Waals surface area contributed by atoms with E-state index in [2.05, 4.69) is 46.3 Å². The Morgan fingerprint density at radius 1 is 1.21 bits per heavy atom. The fraction of sp³-hybridized carbons (Fsp3) is 0.263. The highest BCUT2D eigenvalue weighted by Gasteiger charge is 2.25. The standard InChI is InChI=1S/C19H19BrFN7O/c20-15-3-1-2-14(18(15)21)19(29)28-8-6-27(7-9-28)12-13-10-22-11-17(24-13)25-16-4-5-23-26-16/h1-5,10-11H,6-9,12H2,(H2,23,24,25,26). The van der Waals surface area contributed by atoms with Gasteiger partial charge in [-0.1, -0.05) is 6.07 Å². The van der Waals surface area contributed by atoms with Crippen LogP contribution in [0.5, 0.6) is 0 Å². The summed E-state index contributed by atoms with van der Waals surface area (Å²) in [5, 5.41) is 9.81. The molecule has 3 heterocycles. The Labute approximate surface area is 175 Å². The Kier molecular flexibility index (Phi) is 5.81. The highest BCUT2D eigenvalue weighted by Crippen LogP contribution is 2.21. The molecule has 1 aliphatic heterocycles. The van der Waals surface area contributed by atoms with Crippen molar-refractivity contribution in [2.75, 3.05) is 31.5 Å². The van der Waals surface area contributed by atoms with Gasteiger partial charge in [0.05, 0.1) is 28.1 Å². The van der Waals surface area contributed by atoms with Crippen molar-refractivity contribution < 1.29 is 9.18 Å². The predicted molar refractivity (Wildman–Crippen MR) is 109 cm³/mol. The fourth-order valence-electron chi connectivity index (χ4n) is 3.18. The SMILES string of the molecule is O=C(c1cccc(Br)c1F)N1CCN(Cc2cncc(Nc3ccn[nH]3)n2)CC1. The van der Waals surface area contributed by atoms with Gasteiger partial charge >= 0.3 is 0 Å². The minimum atomic E-state index is -0.517. The molecule has 10 heteroatoms. The molecule has 0 spiro atoms. The normalized spacial score (nSPS) is 14.8. The number of aromatic amines is 1. The minimum absolute atomic E-state index is 0.0938. The first-order chi connectivity index (χ1) is 14.1. The first-order valence-corrected chi connectivity index (χ1v) is 9.92. The molecule has 0 atom stereocenters. The molecule has 4 rings (SSSR count). The molecule has 150 valence electrons. The number of anilines is 2. The van der Waals surface area contributed by atoms with Crippen molar-refractivity contribution in [1.82, 2.24) is 30.0 Å². The third-order valence-corrected chi connectivity index (χ3v) is 5.29. The summed E-state index contributed by atoms with van der Waals surface area (Å²) in [5.74, 6) is 0.569. The first kappa shape index (κ1) is 19.5. The maximum Gasteiger partial charge on any atom is 0.256 e. The maximum absolute atomic E-state index is 14.2. The van der Waals surface area contributed by atoms with Gasteiger partial charge in [0.15, 0.2) is 0 Å². The van der Waals surface area contributed by atoms with Gasteiger partial charge < -0.3 is 10.2 Å². The van der Waals surface area contributed by atoms with Crippen molar-refractivity contribution in [3.8, 4) is 0 Å². The van der Waals surface area contributed by atoms with Crippen molar-refractivity contribution in [3.63, 3.8) is 0 Å². The fourth-order valence-corrected chi connectivity index (χ4v) is 3.55. The molecule has 1 amide bonds. The second-order valence-corrected chi connectivity index (χ2v) is 7.52. The number of carbonyl (C=O) groups excluding carboxylic acids is 1. The number of nitrogens with zero attached hydrogens (tertiary/aromatic N) is 5. The number of hydrogen-bond acceptors (Lipinski definition) is 6. The van der Waals surface area contributed by atoms with Crippen LogP contribution in [0.4, 0.5) is 16.0 Å². The summed E-state index contributed by atoms with van der Waals surface area (Å²) < 4.78 is 14.5. The van der Waals surface area contributed by atoms with E-state index in [4.69, 9.17) is 0 Å². The summed E-state index contributed by atoms with van der Waals surface area (Å²) >= 11 is 3.13. The zero-order valence-corrected chi connectivity index (χ0v) is 17.1. The van der Waals surface area contributed by atoms with Crippen LogP contribution in [-0.4, -0.2) is 62.1 Å². The zero-order chi connectivity index (χ0) is 20.2. The minimum Gasteiger partial charge on any atom is -0.336 e. The summed E-state index contributed by atoms with van der Waals surface area (Å²) in [6.45, 7) is 3.05. The molecule has 2 aromatic heterocycles. The molecular formula is C19H19BrFN7O. The Morgan fingerprint density at radius 3 is 2.79 bits per heavy atom. The van der Waals surface area contributed by atoms with Gasteiger partial charge in [-0.25, -0.2) is 9.37 Å². The van der Waals surface area contributed by atoms with Gasteiger partial charge in [0, 0.05) is 45.0 Å². The van der Waals surface area contributed by atoms with Crippen LogP contribution in [0.25, 0.3) is 0 Å². The third-order valence-electron chi connectivity index (χ3n) is 4.68. The Bertz CT molecular complexity index is 990. The molecular weight excluding hydrogens is 441 g/mol. The van der Waals surface area contributed by atoms with Crippen molar-refractivity contribution in [2.45, 2.75) is 6.54 Å². The monoisotopic (exact) mass is 459 g/mol. The highest BCUT2D eigenvalue weighted by atomic mass is 79.9. The van der Waals surface area contributed by atoms with Gasteiger partial charge in [-0.2, -0.15) is 5.10 Å². The summed E-state index contributed by atoms with van der Waals surface area (Å²) in [6, 6.07) is 6.57. The maximum atomic E-state index is 14.2. The van der Waals surface area contributed by atoms with Gasteiger partial charge in [-0.3, -0.25) is 19.8 Å². The molecule has 0 radical (unpaired) electrons. The Hall–Kier alpha value is -2.85. The molecule has 29 heavy (non-hydrogen) atoms. The van der Waals surface area contributed by atoms with Crippen LogP contribution in [0.3, 0.4) is 0 Å². The lowest BCUT2D eigenvalue weighted by atomic mass is 10.1. The van der Waals surface area contributed by atoms with Crippen LogP contribution < -0.4 is 5.32 Å². The van der Waals surface area contributed by atoms with E-state index in [1.54, 1.807) is 41.7 Å². The van der Waals surface area contributed by atoms with Crippen molar-refractivity contribution in [2.24, 2.45) is 0 Å². The van der Waals surface area contributed by atoms with E-state index in [1.807, 2.05) is 0 Å². The zero-order valence-electron chi connectivity index (χ0n) is 15.5. The van der Waals surface area contributed by atoms with E-state index in [0.29, 0.717) is 43.0 Å². The number of nitrogens with one attached hydrogen (secondary N) is 2. The number of halogens is 2. The van der Waals surface area contributed by atoms with Crippen LogP contribution in [-0.2, 0) is 6.54 Å². The molecule has 3 aromatic rings. The average molecular weight is 460 g/mol. The second kappa shape index (κ2) is 8.66. The number of aromatic nitrogens is 4. The lowest BCUT2D eigenvalue weighted by Gasteiger charge is -2.34. The summed E-state index contributed by atoms with van der Waals surface area (Å²) in [6.07, 6.45) is 5.03. The van der Waals surface area contributed by atoms with Crippen molar-refractivity contribution in [1.29, 1.82) is 0 Å². The van der Waals surface area contributed by atoms with E-state index in [-0.39, 0.29) is 11.5 Å². The largest absolute Gasteiger partial charge is 0.336 e. The van der Waals surface area contributed by atoms with Crippen LogP contribution >= 0.6 is 15.9 Å². The van der Waals surface area contributed by atoms with Crippen molar-refractivity contribution in [3.05, 3.63) is 64.4 Å². The molecule has 1 saturated heterocycles. The highest BCUT2D eigenvalue weighted by molar-refractivity contribution is 9.10. The number of carbonyl (C=O) groups is 1. The summed E-state index contributed by atoms with van der Waals surface area (Å²) in [4.78, 5) is 25.3. The third kappa shape index (κ3) is 4.60. The van der Waals surface area contributed by atoms with Gasteiger partial charge in [-0.15, -0.1) is 0 Å². The van der Waals surface area contributed by atoms with E-state index in [0.717, 1.165) is 11.5 Å². The lowest BCUT2D eigenvalue weighted by molar-refractivity contribution is 0.0622. The number of benzene rings is 1. The number of rotatable bonds is 5. The lowest BCUT2D eigenvalue weighted by Crippen LogP contribution is -2.48. The van der Waals surface area contributed by atoms with E-state index >= 15 is 0 Å². The van der Waals surface area contributed by atoms with Gasteiger partial charge in [0.25, 0.3) is 5.91 Å². The molecule has 0 aliphatic carbocycles. The van der Waals surface area contributed by atoms with E-state index in [1.165, 1.54) is 6.07 Å². The van der Waals surface area contributed by atoms with E-state index in [9.17, 15) is 9.18 Å². The quantitative estimate of drug-likeness (QED) is 0.609. The average Bonchev–Trinajstić information content (AvgIpc) is 3.23.